The van der Waals surface area contributed by atoms with Crippen molar-refractivity contribution in [1.29, 1.82) is 10.5 Å². The largest absolute Gasteiger partial charge is 0.291 e. The van der Waals surface area contributed by atoms with E-state index in [0.717, 1.165) is 61.0 Å². The minimum absolute atomic E-state index is 0.598. The quantitative estimate of drug-likeness (QED) is 0.183. The van der Waals surface area contributed by atoms with Crippen LogP contribution in [0.1, 0.15) is 11.1 Å². The zero-order chi connectivity index (χ0) is 32.9. The summed E-state index contributed by atoms with van der Waals surface area (Å²) >= 11 is 0. The highest BCUT2D eigenvalue weighted by Crippen LogP contribution is 2.40. The van der Waals surface area contributed by atoms with E-state index in [9.17, 15) is 10.5 Å². The Bertz CT molecular complexity index is 2810. The molecule has 0 fully saturated rings. The molecule has 0 atom stereocenters. The van der Waals surface area contributed by atoms with Crippen molar-refractivity contribution >= 4 is 38.1 Å². The Morgan fingerprint density at radius 3 is 1.63 bits per heavy atom. The van der Waals surface area contributed by atoms with E-state index in [1.54, 1.807) is 0 Å². The Balaban J connectivity index is 1.25. The summed E-state index contributed by atoms with van der Waals surface area (Å²) in [5, 5.41) is 24.7. The van der Waals surface area contributed by atoms with Crippen molar-refractivity contribution < 1.29 is 0 Å². The zero-order valence-electron chi connectivity index (χ0n) is 26.3. The minimum atomic E-state index is 0.598. The van der Waals surface area contributed by atoms with E-state index in [2.05, 4.69) is 126 Å². The number of benzene rings is 7. The molecule has 0 spiro atoms. The van der Waals surface area contributed by atoms with Gasteiger partial charge in [-0.25, -0.2) is 4.98 Å². The lowest BCUT2D eigenvalue weighted by Crippen LogP contribution is -1.95. The Hall–Kier alpha value is -7.01. The van der Waals surface area contributed by atoms with Crippen LogP contribution in [0, 0.1) is 22.7 Å². The summed E-state index contributed by atoms with van der Waals surface area (Å²) < 4.78 is 2.25. The molecule has 0 bridgehead atoms. The molecule has 0 amide bonds. The van der Waals surface area contributed by atoms with Gasteiger partial charge >= 0.3 is 0 Å². The third-order valence-electron chi connectivity index (χ3n) is 9.45. The average Bonchev–Trinajstić information content (AvgIpc) is 3.59. The lowest BCUT2D eigenvalue weighted by Gasteiger charge is -2.13. The number of rotatable bonds is 4. The van der Waals surface area contributed by atoms with Gasteiger partial charge in [0.05, 0.1) is 40.2 Å². The van der Waals surface area contributed by atoms with Crippen LogP contribution in [-0.2, 0) is 0 Å². The topological polar surface area (TPSA) is 64.9 Å². The van der Waals surface area contributed by atoms with Gasteiger partial charge in [0.2, 0.25) is 0 Å². The second kappa shape index (κ2) is 11.4. The number of nitriles is 2. The molecule has 226 valence electrons. The standard InChI is InChI=1S/C45H26N4/c46-27-29-9-13-34(14-10-29)43-44(35-15-11-30(28-47)12-16-35)49-42-24-23-38(26-41(42)39-7-3-4-8-40(39)45(49)48-43)33-19-17-32(18-20-33)37-22-21-31-5-1-2-6-36(31)25-37/h1-26H. The molecule has 2 heterocycles. The van der Waals surface area contributed by atoms with Crippen molar-refractivity contribution in [2.24, 2.45) is 0 Å². The Morgan fingerprint density at radius 2 is 0.959 bits per heavy atom. The van der Waals surface area contributed by atoms with E-state index < -0.39 is 0 Å². The number of aromatic nitrogens is 2. The maximum Gasteiger partial charge on any atom is 0.146 e. The molecule has 4 heteroatoms. The molecule has 7 aromatic carbocycles. The van der Waals surface area contributed by atoms with Gasteiger partial charge in [0.1, 0.15) is 5.65 Å². The summed E-state index contributed by atoms with van der Waals surface area (Å²) in [4.78, 5) is 5.29. The van der Waals surface area contributed by atoms with Gasteiger partial charge in [0.15, 0.2) is 0 Å². The van der Waals surface area contributed by atoms with Gasteiger partial charge in [-0.1, -0.05) is 115 Å². The Kier molecular flexibility index (Phi) is 6.54. The second-order valence-corrected chi connectivity index (χ2v) is 12.3. The number of hydrogen-bond acceptors (Lipinski definition) is 3. The van der Waals surface area contributed by atoms with Crippen LogP contribution in [-0.4, -0.2) is 9.38 Å². The SMILES string of the molecule is N#Cc1ccc(-c2nc3c4ccccc4c4cc(-c5ccc(-c6ccc7ccccc7c6)cc5)ccc4n3c2-c2ccc(C#N)cc2)cc1. The molecular weight excluding hydrogens is 597 g/mol. The third-order valence-corrected chi connectivity index (χ3v) is 9.45. The van der Waals surface area contributed by atoms with E-state index in [4.69, 9.17) is 4.98 Å². The molecule has 0 aliphatic heterocycles. The monoisotopic (exact) mass is 622 g/mol. The van der Waals surface area contributed by atoms with Gasteiger partial charge in [0, 0.05) is 21.9 Å². The van der Waals surface area contributed by atoms with E-state index in [1.165, 1.54) is 21.9 Å². The summed E-state index contributed by atoms with van der Waals surface area (Å²) in [6.45, 7) is 0. The van der Waals surface area contributed by atoms with Crippen LogP contribution in [0.2, 0.25) is 0 Å². The van der Waals surface area contributed by atoms with E-state index >= 15 is 0 Å². The van der Waals surface area contributed by atoms with Crippen LogP contribution in [0.4, 0.5) is 0 Å². The lowest BCUT2D eigenvalue weighted by molar-refractivity contribution is 1.27. The fourth-order valence-corrected chi connectivity index (χ4v) is 6.97. The van der Waals surface area contributed by atoms with Crippen molar-refractivity contribution in [1.82, 2.24) is 9.38 Å². The summed E-state index contributed by atoms with van der Waals surface area (Å²) in [5.74, 6) is 0. The van der Waals surface area contributed by atoms with Crippen molar-refractivity contribution in [2.45, 2.75) is 0 Å². The predicted molar refractivity (Wildman–Crippen MR) is 199 cm³/mol. The first-order valence-corrected chi connectivity index (χ1v) is 16.2. The number of fused-ring (bicyclic) bond motifs is 7. The van der Waals surface area contributed by atoms with Crippen LogP contribution in [0.25, 0.3) is 82.9 Å². The lowest BCUT2D eigenvalue weighted by atomic mass is 9.96. The van der Waals surface area contributed by atoms with Crippen LogP contribution < -0.4 is 0 Å². The van der Waals surface area contributed by atoms with Gasteiger partial charge < -0.3 is 0 Å². The second-order valence-electron chi connectivity index (χ2n) is 12.3. The van der Waals surface area contributed by atoms with Crippen LogP contribution >= 0.6 is 0 Å². The van der Waals surface area contributed by atoms with Crippen LogP contribution in [0.5, 0.6) is 0 Å². The smallest absolute Gasteiger partial charge is 0.146 e. The van der Waals surface area contributed by atoms with Crippen LogP contribution in [0.3, 0.4) is 0 Å². The van der Waals surface area contributed by atoms with E-state index in [0.29, 0.717) is 11.1 Å². The van der Waals surface area contributed by atoms with Crippen molar-refractivity contribution in [2.75, 3.05) is 0 Å². The maximum absolute atomic E-state index is 9.51. The zero-order valence-corrected chi connectivity index (χ0v) is 26.3. The average molecular weight is 623 g/mol. The normalized spacial score (nSPS) is 11.2. The first-order valence-electron chi connectivity index (χ1n) is 16.2. The first kappa shape index (κ1) is 28.2. The van der Waals surface area contributed by atoms with Crippen molar-refractivity contribution in [3.8, 4) is 56.9 Å². The van der Waals surface area contributed by atoms with Crippen molar-refractivity contribution in [3.05, 3.63) is 169 Å². The Morgan fingerprint density at radius 1 is 0.429 bits per heavy atom. The molecular formula is C45H26N4. The summed E-state index contributed by atoms with van der Waals surface area (Å²) in [7, 11) is 0. The van der Waals surface area contributed by atoms with Crippen LogP contribution in [0.15, 0.2) is 158 Å². The van der Waals surface area contributed by atoms with Crippen molar-refractivity contribution in [3.63, 3.8) is 0 Å². The first-order chi connectivity index (χ1) is 24.2. The number of nitrogens with zero attached hydrogens (tertiary/aromatic N) is 4. The molecule has 4 nitrogen and oxygen atoms in total. The van der Waals surface area contributed by atoms with Gasteiger partial charge in [-0.3, -0.25) is 4.40 Å². The predicted octanol–water partition coefficient (Wildman–Crippen LogP) is 11.2. The Labute approximate surface area is 283 Å². The highest BCUT2D eigenvalue weighted by atomic mass is 15.0. The number of pyridine rings is 1. The molecule has 0 unspecified atom stereocenters. The highest BCUT2D eigenvalue weighted by molar-refractivity contribution is 6.14. The number of hydrogen-bond donors (Lipinski definition) is 0. The molecule has 0 aliphatic carbocycles. The molecule has 0 saturated heterocycles. The molecule has 9 aromatic rings. The van der Waals surface area contributed by atoms with Gasteiger partial charge in [-0.2, -0.15) is 10.5 Å². The molecule has 49 heavy (non-hydrogen) atoms. The summed E-state index contributed by atoms with van der Waals surface area (Å²) in [5.41, 5.74) is 11.4. The molecule has 0 N–H and O–H groups in total. The number of imidazole rings is 1. The fourth-order valence-electron chi connectivity index (χ4n) is 6.97. The molecule has 0 radical (unpaired) electrons. The molecule has 2 aromatic heterocycles. The molecule has 9 rings (SSSR count). The summed E-state index contributed by atoms with van der Waals surface area (Å²) in [6.07, 6.45) is 0. The van der Waals surface area contributed by atoms with E-state index in [-0.39, 0.29) is 0 Å². The van der Waals surface area contributed by atoms with Gasteiger partial charge in [-0.15, -0.1) is 0 Å². The fraction of sp³-hybridized carbons (Fsp3) is 0. The third kappa shape index (κ3) is 4.71. The van der Waals surface area contributed by atoms with Gasteiger partial charge in [-0.05, 0) is 80.9 Å². The maximum atomic E-state index is 9.51. The van der Waals surface area contributed by atoms with E-state index in [1.807, 2.05) is 48.5 Å². The van der Waals surface area contributed by atoms with Gasteiger partial charge in [0.25, 0.3) is 0 Å². The highest BCUT2D eigenvalue weighted by Gasteiger charge is 2.21. The molecule has 0 saturated carbocycles. The minimum Gasteiger partial charge on any atom is -0.291 e. The summed E-state index contributed by atoms with van der Waals surface area (Å²) in [6, 6.07) is 58.7. The molecule has 0 aliphatic rings.